The molecule has 0 bridgehead atoms. The summed E-state index contributed by atoms with van der Waals surface area (Å²) in [5.74, 6) is 1.02. The Hall–Kier alpha value is -3.28. The first-order chi connectivity index (χ1) is 11.7. The van der Waals surface area contributed by atoms with Crippen LogP contribution in [0, 0.1) is 0 Å². The maximum atomic E-state index is 12.0. The zero-order valence-corrected chi connectivity index (χ0v) is 13.0. The van der Waals surface area contributed by atoms with E-state index in [0.717, 1.165) is 0 Å². The number of hydrogen-bond donors (Lipinski definition) is 0. The highest BCUT2D eigenvalue weighted by atomic mass is 16.6. The van der Waals surface area contributed by atoms with Gasteiger partial charge < -0.3 is 18.6 Å². The number of ether oxygens (including phenoxy) is 3. The van der Waals surface area contributed by atoms with E-state index in [0.29, 0.717) is 29.4 Å². The SMILES string of the molecule is C=CCOc1c(C=C2N=C(c3ccco3)OC2=O)cccc1OC. The molecule has 6 heteroatoms. The van der Waals surface area contributed by atoms with Crippen molar-refractivity contribution in [2.45, 2.75) is 0 Å². The van der Waals surface area contributed by atoms with Crippen molar-refractivity contribution >= 4 is 17.9 Å². The molecule has 3 rings (SSSR count). The Morgan fingerprint density at radius 1 is 1.29 bits per heavy atom. The molecule has 0 N–H and O–H groups in total. The highest BCUT2D eigenvalue weighted by Crippen LogP contribution is 2.33. The van der Waals surface area contributed by atoms with Crippen molar-refractivity contribution in [1.29, 1.82) is 0 Å². The summed E-state index contributed by atoms with van der Waals surface area (Å²) in [6, 6.07) is 8.71. The highest BCUT2D eigenvalue weighted by Gasteiger charge is 2.26. The zero-order valence-electron chi connectivity index (χ0n) is 13.0. The number of rotatable bonds is 6. The van der Waals surface area contributed by atoms with Crippen LogP contribution in [0.4, 0.5) is 0 Å². The molecule has 2 aromatic rings. The predicted octanol–water partition coefficient (Wildman–Crippen LogP) is 3.20. The van der Waals surface area contributed by atoms with Crippen molar-refractivity contribution < 1.29 is 23.4 Å². The summed E-state index contributed by atoms with van der Waals surface area (Å²) in [6.07, 6.45) is 4.69. The summed E-state index contributed by atoms with van der Waals surface area (Å²) in [5.41, 5.74) is 0.797. The molecule has 0 amide bonds. The van der Waals surface area contributed by atoms with Gasteiger partial charge in [0.05, 0.1) is 13.4 Å². The number of furan rings is 1. The second-order valence-corrected chi connectivity index (χ2v) is 4.79. The van der Waals surface area contributed by atoms with Crippen LogP contribution in [-0.4, -0.2) is 25.6 Å². The van der Waals surface area contributed by atoms with E-state index >= 15 is 0 Å². The number of aliphatic imine (C=N–C) groups is 1. The summed E-state index contributed by atoms with van der Waals surface area (Å²) in [4.78, 5) is 16.2. The quantitative estimate of drug-likeness (QED) is 0.463. The third-order valence-corrected chi connectivity index (χ3v) is 3.22. The van der Waals surface area contributed by atoms with Gasteiger partial charge in [-0.3, -0.25) is 0 Å². The maximum absolute atomic E-state index is 12.0. The van der Waals surface area contributed by atoms with Gasteiger partial charge in [0, 0.05) is 5.56 Å². The van der Waals surface area contributed by atoms with Crippen LogP contribution in [-0.2, 0) is 9.53 Å². The number of nitrogens with zero attached hydrogens (tertiary/aromatic N) is 1. The monoisotopic (exact) mass is 325 g/mol. The lowest BCUT2D eigenvalue weighted by Crippen LogP contribution is -2.04. The average Bonchev–Trinajstić information content (AvgIpc) is 3.24. The molecule has 24 heavy (non-hydrogen) atoms. The molecule has 1 aliphatic heterocycles. The molecule has 122 valence electrons. The van der Waals surface area contributed by atoms with Gasteiger partial charge in [-0.05, 0) is 24.3 Å². The van der Waals surface area contributed by atoms with Gasteiger partial charge in [0.25, 0.3) is 5.90 Å². The number of hydrogen-bond acceptors (Lipinski definition) is 6. The first kappa shape index (κ1) is 15.6. The van der Waals surface area contributed by atoms with Gasteiger partial charge in [0.1, 0.15) is 6.61 Å². The van der Waals surface area contributed by atoms with E-state index in [1.807, 2.05) is 0 Å². The normalized spacial score (nSPS) is 15.1. The molecule has 6 nitrogen and oxygen atoms in total. The molecule has 0 saturated heterocycles. The average molecular weight is 325 g/mol. The molecular weight excluding hydrogens is 310 g/mol. The van der Waals surface area contributed by atoms with Crippen LogP contribution in [0.5, 0.6) is 11.5 Å². The summed E-state index contributed by atoms with van der Waals surface area (Å²) < 4.78 is 21.3. The standard InChI is InChI=1S/C18H15NO5/c1-3-9-23-16-12(6-4-7-14(16)21-2)11-13-18(20)24-17(19-13)15-8-5-10-22-15/h3-8,10-11H,1,9H2,2H3. The largest absolute Gasteiger partial charge is 0.493 e. The lowest BCUT2D eigenvalue weighted by Gasteiger charge is -2.12. The summed E-state index contributed by atoms with van der Waals surface area (Å²) in [6.45, 7) is 3.93. The molecule has 0 fully saturated rings. The maximum Gasteiger partial charge on any atom is 0.363 e. The van der Waals surface area contributed by atoms with Crippen molar-refractivity contribution in [3.63, 3.8) is 0 Å². The Bertz CT molecular complexity index is 818. The van der Waals surface area contributed by atoms with Gasteiger partial charge >= 0.3 is 5.97 Å². The third-order valence-electron chi connectivity index (χ3n) is 3.22. The van der Waals surface area contributed by atoms with Gasteiger partial charge in [-0.1, -0.05) is 24.8 Å². The fraction of sp³-hybridized carbons (Fsp3) is 0.111. The van der Waals surface area contributed by atoms with Crippen LogP contribution in [0.1, 0.15) is 11.3 Å². The lowest BCUT2D eigenvalue weighted by molar-refractivity contribution is -0.130. The number of methoxy groups -OCH3 is 1. The van der Waals surface area contributed by atoms with E-state index in [9.17, 15) is 4.79 Å². The topological polar surface area (TPSA) is 70.3 Å². The molecule has 0 spiro atoms. The predicted molar refractivity (Wildman–Crippen MR) is 88.0 cm³/mol. The van der Waals surface area contributed by atoms with E-state index in [2.05, 4.69) is 11.6 Å². The molecule has 2 heterocycles. The van der Waals surface area contributed by atoms with E-state index in [1.54, 1.807) is 49.6 Å². The second kappa shape index (κ2) is 6.87. The van der Waals surface area contributed by atoms with Crippen LogP contribution >= 0.6 is 0 Å². The van der Waals surface area contributed by atoms with Gasteiger partial charge in [-0.25, -0.2) is 9.79 Å². The Morgan fingerprint density at radius 3 is 2.88 bits per heavy atom. The van der Waals surface area contributed by atoms with Crippen molar-refractivity contribution in [2.24, 2.45) is 4.99 Å². The molecule has 0 unspecified atom stereocenters. The fourth-order valence-corrected chi connectivity index (χ4v) is 2.17. The van der Waals surface area contributed by atoms with Crippen LogP contribution < -0.4 is 9.47 Å². The van der Waals surface area contributed by atoms with Crippen molar-refractivity contribution in [3.05, 3.63) is 66.3 Å². The smallest absolute Gasteiger partial charge is 0.363 e. The molecule has 0 atom stereocenters. The lowest BCUT2D eigenvalue weighted by atomic mass is 10.1. The van der Waals surface area contributed by atoms with Crippen LogP contribution in [0.3, 0.4) is 0 Å². The summed E-state index contributed by atoms with van der Waals surface area (Å²) >= 11 is 0. The van der Waals surface area contributed by atoms with Crippen LogP contribution in [0.25, 0.3) is 6.08 Å². The molecule has 1 aromatic heterocycles. The van der Waals surface area contributed by atoms with E-state index in [-0.39, 0.29) is 11.6 Å². The number of esters is 1. The van der Waals surface area contributed by atoms with Crippen LogP contribution in [0.2, 0.25) is 0 Å². The van der Waals surface area contributed by atoms with Crippen LogP contribution in [0.15, 0.2) is 64.4 Å². The van der Waals surface area contributed by atoms with E-state index in [1.165, 1.54) is 6.26 Å². The number of carbonyl (C=O) groups is 1. The Balaban J connectivity index is 1.98. The number of para-hydroxylation sites is 1. The molecule has 0 aliphatic carbocycles. The number of carbonyl (C=O) groups excluding carboxylic acids is 1. The molecule has 1 aromatic carbocycles. The Morgan fingerprint density at radius 2 is 2.17 bits per heavy atom. The fourth-order valence-electron chi connectivity index (χ4n) is 2.17. The highest BCUT2D eigenvalue weighted by molar-refractivity contribution is 6.12. The van der Waals surface area contributed by atoms with Gasteiger partial charge in [-0.15, -0.1) is 0 Å². The number of benzene rings is 1. The van der Waals surface area contributed by atoms with E-state index in [4.69, 9.17) is 18.6 Å². The second-order valence-electron chi connectivity index (χ2n) is 4.79. The first-order valence-electron chi connectivity index (χ1n) is 7.20. The van der Waals surface area contributed by atoms with Gasteiger partial charge in [0.15, 0.2) is 23.0 Å². The van der Waals surface area contributed by atoms with Crippen molar-refractivity contribution in [2.75, 3.05) is 13.7 Å². The van der Waals surface area contributed by atoms with E-state index < -0.39 is 5.97 Å². The molecular formula is C18H15NO5. The summed E-state index contributed by atoms with van der Waals surface area (Å²) in [5, 5.41) is 0. The minimum absolute atomic E-state index is 0.132. The minimum atomic E-state index is -0.557. The zero-order chi connectivity index (χ0) is 16.9. The molecule has 1 aliphatic rings. The summed E-state index contributed by atoms with van der Waals surface area (Å²) in [7, 11) is 1.55. The van der Waals surface area contributed by atoms with Crippen molar-refractivity contribution in [3.8, 4) is 11.5 Å². The van der Waals surface area contributed by atoms with Gasteiger partial charge in [0.2, 0.25) is 0 Å². The van der Waals surface area contributed by atoms with Crippen molar-refractivity contribution in [1.82, 2.24) is 0 Å². The minimum Gasteiger partial charge on any atom is -0.493 e. The molecule has 0 saturated carbocycles. The Kier molecular flexibility index (Phi) is 4.47. The van der Waals surface area contributed by atoms with Gasteiger partial charge in [-0.2, -0.15) is 0 Å². The third kappa shape index (κ3) is 3.08. The Labute approximate surface area is 138 Å². The number of cyclic esters (lactones) is 1. The molecule has 0 radical (unpaired) electrons. The first-order valence-corrected chi connectivity index (χ1v) is 7.20.